The van der Waals surface area contributed by atoms with Gasteiger partial charge in [0.05, 0.1) is 12.6 Å². The number of hydrogen-bond acceptors (Lipinski definition) is 3. The topological polar surface area (TPSA) is 61.4 Å². The Balaban J connectivity index is 0.00000162. The van der Waals surface area contributed by atoms with Gasteiger partial charge in [0.15, 0.2) is 0 Å². The van der Waals surface area contributed by atoms with E-state index in [9.17, 15) is 9.59 Å². The fraction of sp³-hybridized carbons (Fsp3) is 0.833. The van der Waals surface area contributed by atoms with Gasteiger partial charge < -0.3 is 15.5 Å². The average molecular weight is 276 g/mol. The van der Waals surface area contributed by atoms with Crippen LogP contribution in [0.5, 0.6) is 0 Å². The number of halogens is 1. The van der Waals surface area contributed by atoms with E-state index in [4.69, 9.17) is 0 Å². The van der Waals surface area contributed by atoms with Gasteiger partial charge in [-0.25, -0.2) is 0 Å². The molecule has 0 aromatic rings. The van der Waals surface area contributed by atoms with Gasteiger partial charge in [-0.1, -0.05) is 6.42 Å². The summed E-state index contributed by atoms with van der Waals surface area (Å²) in [5, 5.41) is 6.09. The molecule has 5 nitrogen and oxygen atoms in total. The van der Waals surface area contributed by atoms with Gasteiger partial charge in [-0.05, 0) is 32.2 Å². The van der Waals surface area contributed by atoms with E-state index in [1.54, 1.807) is 7.05 Å². The molecule has 6 heteroatoms. The highest BCUT2D eigenvalue weighted by atomic mass is 35.5. The zero-order valence-corrected chi connectivity index (χ0v) is 11.6. The van der Waals surface area contributed by atoms with Crippen molar-refractivity contribution in [2.24, 2.45) is 0 Å². The van der Waals surface area contributed by atoms with Crippen LogP contribution in [-0.4, -0.2) is 48.9 Å². The summed E-state index contributed by atoms with van der Waals surface area (Å²) in [6, 6.07) is 0.265. The third-order valence-corrected chi connectivity index (χ3v) is 3.31. The van der Waals surface area contributed by atoms with E-state index in [1.807, 2.05) is 0 Å². The first-order valence-electron chi connectivity index (χ1n) is 6.44. The Morgan fingerprint density at radius 2 is 2.00 bits per heavy atom. The summed E-state index contributed by atoms with van der Waals surface area (Å²) in [5.41, 5.74) is 0. The first-order valence-corrected chi connectivity index (χ1v) is 6.44. The summed E-state index contributed by atoms with van der Waals surface area (Å²) in [7, 11) is 1.70. The predicted molar refractivity (Wildman–Crippen MR) is 71.7 cm³/mol. The first-order chi connectivity index (χ1) is 8.16. The highest BCUT2D eigenvalue weighted by Gasteiger charge is 2.27. The maximum Gasteiger partial charge on any atom is 0.239 e. The minimum atomic E-state index is -0.0949. The van der Waals surface area contributed by atoms with Gasteiger partial charge in [-0.2, -0.15) is 0 Å². The van der Waals surface area contributed by atoms with E-state index in [-0.39, 0.29) is 36.8 Å². The smallest absolute Gasteiger partial charge is 0.239 e. The third-order valence-electron chi connectivity index (χ3n) is 3.31. The van der Waals surface area contributed by atoms with Crippen molar-refractivity contribution in [1.82, 2.24) is 15.5 Å². The van der Waals surface area contributed by atoms with Crippen molar-refractivity contribution in [3.8, 4) is 0 Å². The summed E-state index contributed by atoms with van der Waals surface area (Å²) in [6.45, 7) is 1.08. The molecule has 2 rings (SSSR count). The molecule has 18 heavy (non-hydrogen) atoms. The number of rotatable bonds is 4. The Hall–Kier alpha value is -0.810. The zero-order chi connectivity index (χ0) is 12.3. The SMILES string of the molecule is CN(CC(=O)NC1CC1)C(=O)[C@H]1CCCCN1.Cl. The second-order valence-electron chi connectivity index (χ2n) is 5.04. The Morgan fingerprint density at radius 1 is 1.28 bits per heavy atom. The van der Waals surface area contributed by atoms with Crippen molar-refractivity contribution < 1.29 is 9.59 Å². The minimum absolute atomic E-state index is 0. The summed E-state index contributed by atoms with van der Waals surface area (Å²) < 4.78 is 0. The van der Waals surface area contributed by atoms with Gasteiger partial charge in [0, 0.05) is 13.1 Å². The number of likely N-dealkylation sites (N-methyl/N-ethyl adjacent to an activating group) is 1. The van der Waals surface area contributed by atoms with Crippen LogP contribution >= 0.6 is 12.4 Å². The highest BCUT2D eigenvalue weighted by Crippen LogP contribution is 2.18. The van der Waals surface area contributed by atoms with Crippen LogP contribution in [0.4, 0.5) is 0 Å². The molecule has 1 saturated heterocycles. The molecule has 0 aromatic heterocycles. The van der Waals surface area contributed by atoms with E-state index >= 15 is 0 Å². The standard InChI is InChI=1S/C12H21N3O2.ClH/c1-15(8-11(16)14-9-5-6-9)12(17)10-4-2-3-7-13-10;/h9-10,13H,2-8H2,1H3,(H,14,16);1H/t10-;/m1./s1. The monoisotopic (exact) mass is 275 g/mol. The second-order valence-corrected chi connectivity index (χ2v) is 5.04. The van der Waals surface area contributed by atoms with Gasteiger partial charge in [0.25, 0.3) is 0 Å². The number of hydrogen-bond donors (Lipinski definition) is 2. The molecule has 1 aliphatic heterocycles. The fourth-order valence-electron chi connectivity index (χ4n) is 2.12. The molecule has 2 amide bonds. The van der Waals surface area contributed by atoms with Crippen molar-refractivity contribution in [1.29, 1.82) is 0 Å². The van der Waals surface area contributed by atoms with Crippen LogP contribution in [0.3, 0.4) is 0 Å². The Kier molecular flexibility index (Phi) is 5.88. The van der Waals surface area contributed by atoms with Crippen molar-refractivity contribution >= 4 is 24.2 Å². The Bertz CT molecular complexity index is 302. The van der Waals surface area contributed by atoms with Crippen LogP contribution in [-0.2, 0) is 9.59 Å². The summed E-state index contributed by atoms with van der Waals surface area (Å²) in [6.07, 6.45) is 5.26. The molecule has 0 spiro atoms. The minimum Gasteiger partial charge on any atom is -0.352 e. The predicted octanol–water partition coefficient (Wildman–Crippen LogP) is 0.287. The largest absolute Gasteiger partial charge is 0.352 e. The lowest BCUT2D eigenvalue weighted by Gasteiger charge is -2.27. The third kappa shape index (κ3) is 4.46. The lowest BCUT2D eigenvalue weighted by atomic mass is 10.0. The number of piperidine rings is 1. The molecule has 1 atom stereocenters. The molecule has 2 fully saturated rings. The highest BCUT2D eigenvalue weighted by molar-refractivity contribution is 5.87. The van der Waals surface area contributed by atoms with Crippen LogP contribution in [0.1, 0.15) is 32.1 Å². The van der Waals surface area contributed by atoms with E-state index in [2.05, 4.69) is 10.6 Å². The van der Waals surface area contributed by atoms with E-state index in [1.165, 1.54) is 4.90 Å². The first kappa shape index (κ1) is 15.2. The van der Waals surface area contributed by atoms with Crippen LogP contribution < -0.4 is 10.6 Å². The Labute approximate surface area is 114 Å². The number of amides is 2. The second kappa shape index (κ2) is 6.95. The van der Waals surface area contributed by atoms with Crippen molar-refractivity contribution in [3.63, 3.8) is 0 Å². The molecule has 0 unspecified atom stereocenters. The maximum absolute atomic E-state index is 12.0. The van der Waals surface area contributed by atoms with Gasteiger partial charge >= 0.3 is 0 Å². The summed E-state index contributed by atoms with van der Waals surface area (Å²) in [4.78, 5) is 25.1. The summed E-state index contributed by atoms with van der Waals surface area (Å²) in [5.74, 6) is -0.00481. The number of carbonyl (C=O) groups excluding carboxylic acids is 2. The Morgan fingerprint density at radius 3 is 2.56 bits per heavy atom. The lowest BCUT2D eigenvalue weighted by Crippen LogP contribution is -2.49. The molecule has 104 valence electrons. The number of nitrogens with zero attached hydrogens (tertiary/aromatic N) is 1. The quantitative estimate of drug-likeness (QED) is 0.775. The van der Waals surface area contributed by atoms with Gasteiger partial charge in [-0.3, -0.25) is 9.59 Å². The van der Waals surface area contributed by atoms with Crippen LogP contribution in [0.2, 0.25) is 0 Å². The lowest BCUT2D eigenvalue weighted by molar-refractivity contribution is -0.136. The number of nitrogens with one attached hydrogen (secondary N) is 2. The van der Waals surface area contributed by atoms with Crippen molar-refractivity contribution in [2.75, 3.05) is 20.1 Å². The van der Waals surface area contributed by atoms with E-state index in [0.29, 0.717) is 6.04 Å². The van der Waals surface area contributed by atoms with Crippen LogP contribution in [0.15, 0.2) is 0 Å². The molecule has 2 N–H and O–H groups in total. The van der Waals surface area contributed by atoms with E-state index in [0.717, 1.165) is 38.6 Å². The average Bonchev–Trinajstić information content (AvgIpc) is 3.12. The van der Waals surface area contributed by atoms with Crippen molar-refractivity contribution in [2.45, 2.75) is 44.2 Å². The van der Waals surface area contributed by atoms with Gasteiger partial charge in [0.1, 0.15) is 0 Å². The van der Waals surface area contributed by atoms with Crippen LogP contribution in [0.25, 0.3) is 0 Å². The van der Waals surface area contributed by atoms with Crippen LogP contribution in [0, 0.1) is 0 Å². The molecule has 1 saturated carbocycles. The molecule has 1 aliphatic carbocycles. The fourth-order valence-corrected chi connectivity index (χ4v) is 2.12. The van der Waals surface area contributed by atoms with Gasteiger partial charge in [-0.15, -0.1) is 12.4 Å². The molecular formula is C12H22ClN3O2. The molecule has 2 aliphatic rings. The maximum atomic E-state index is 12.0. The normalized spacial score (nSPS) is 22.8. The molecule has 0 aromatic carbocycles. The molecule has 0 bridgehead atoms. The van der Waals surface area contributed by atoms with Crippen molar-refractivity contribution in [3.05, 3.63) is 0 Å². The molecule has 0 radical (unpaired) electrons. The zero-order valence-electron chi connectivity index (χ0n) is 10.8. The summed E-state index contributed by atoms with van der Waals surface area (Å²) >= 11 is 0. The van der Waals surface area contributed by atoms with E-state index < -0.39 is 0 Å². The number of carbonyl (C=O) groups is 2. The molecular weight excluding hydrogens is 254 g/mol. The molecule has 1 heterocycles. The van der Waals surface area contributed by atoms with Gasteiger partial charge in [0.2, 0.25) is 11.8 Å².